The Morgan fingerprint density at radius 2 is 1.69 bits per heavy atom. The molecule has 6 heteroatoms. The maximum Gasteiger partial charge on any atom is 0.327 e. The number of amides is 3. The topological polar surface area (TPSA) is 66.9 Å². The molecule has 1 aliphatic carbocycles. The number of likely N-dealkylation sites (N-methyl/N-ethyl adjacent to an activating group) is 1. The van der Waals surface area contributed by atoms with Crippen LogP contribution in [0.5, 0.6) is 0 Å². The van der Waals surface area contributed by atoms with Crippen LogP contribution < -0.4 is 0 Å². The number of imide groups is 1. The van der Waals surface area contributed by atoms with E-state index in [1.54, 1.807) is 7.05 Å². The zero-order valence-electron chi connectivity index (χ0n) is 15.7. The number of urea groups is 1. The van der Waals surface area contributed by atoms with Gasteiger partial charge in [-0.15, -0.1) is 0 Å². The smallest absolute Gasteiger partial charge is 0.327 e. The molecule has 1 saturated heterocycles. The zero-order chi connectivity index (χ0) is 18.9. The molecule has 0 unspecified atom stereocenters. The number of ether oxygens (including phenoxy) is 1. The number of benzene rings is 1. The summed E-state index contributed by atoms with van der Waals surface area (Å²) in [5.41, 5.74) is 2.34. The largest absolute Gasteiger partial charge is 0.459 e. The van der Waals surface area contributed by atoms with Gasteiger partial charge in [0, 0.05) is 7.05 Å². The quantitative estimate of drug-likeness (QED) is 0.613. The van der Waals surface area contributed by atoms with Gasteiger partial charge in [-0.1, -0.05) is 48.6 Å². The summed E-state index contributed by atoms with van der Waals surface area (Å²) >= 11 is 0. The minimum absolute atomic E-state index is 0.137. The van der Waals surface area contributed by atoms with Gasteiger partial charge in [0.2, 0.25) is 0 Å². The lowest BCUT2D eigenvalue weighted by Crippen LogP contribution is -2.49. The van der Waals surface area contributed by atoms with Crippen molar-refractivity contribution in [1.29, 1.82) is 0 Å². The van der Waals surface area contributed by atoms with Crippen molar-refractivity contribution in [1.82, 2.24) is 9.80 Å². The second-order valence-corrected chi connectivity index (χ2v) is 7.48. The average Bonchev–Trinajstić information content (AvgIpc) is 2.76. The van der Waals surface area contributed by atoms with E-state index in [4.69, 9.17) is 4.74 Å². The van der Waals surface area contributed by atoms with Crippen LogP contribution in [0.3, 0.4) is 0 Å². The van der Waals surface area contributed by atoms with Crippen molar-refractivity contribution in [3.8, 4) is 0 Å². The van der Waals surface area contributed by atoms with E-state index in [0.717, 1.165) is 40.9 Å². The van der Waals surface area contributed by atoms with Crippen LogP contribution in [0, 0.1) is 13.8 Å². The molecule has 0 radical (unpaired) electrons. The Labute approximate surface area is 154 Å². The minimum atomic E-state index is -0.761. The third kappa shape index (κ3) is 3.32. The van der Waals surface area contributed by atoms with Gasteiger partial charge < -0.3 is 9.64 Å². The fraction of sp³-hybridized carbons (Fsp3) is 0.550. The lowest BCUT2D eigenvalue weighted by molar-refractivity contribution is -0.149. The molecule has 3 rings (SSSR count). The van der Waals surface area contributed by atoms with Crippen molar-refractivity contribution in [3.05, 3.63) is 34.9 Å². The van der Waals surface area contributed by atoms with Crippen LogP contribution in [0.1, 0.15) is 48.8 Å². The molecule has 1 heterocycles. The number of nitrogens with zero attached hydrogens (tertiary/aromatic N) is 2. The van der Waals surface area contributed by atoms with Crippen molar-refractivity contribution < 1.29 is 19.1 Å². The van der Waals surface area contributed by atoms with Crippen LogP contribution >= 0.6 is 0 Å². The second-order valence-electron chi connectivity index (χ2n) is 7.48. The summed E-state index contributed by atoms with van der Waals surface area (Å²) in [7, 11) is 1.66. The van der Waals surface area contributed by atoms with Gasteiger partial charge in [-0.2, -0.15) is 0 Å². The van der Waals surface area contributed by atoms with Crippen LogP contribution in [0.15, 0.2) is 18.2 Å². The van der Waals surface area contributed by atoms with Gasteiger partial charge in [0.25, 0.3) is 5.91 Å². The summed E-state index contributed by atoms with van der Waals surface area (Å²) in [5.74, 6) is -0.819. The molecule has 0 aromatic heterocycles. The monoisotopic (exact) mass is 358 g/mol. The first-order valence-electron chi connectivity index (χ1n) is 9.16. The van der Waals surface area contributed by atoms with Crippen molar-refractivity contribution in [2.45, 2.75) is 58.1 Å². The number of hydrogen-bond acceptors (Lipinski definition) is 4. The highest BCUT2D eigenvalue weighted by Gasteiger charge is 2.55. The standard InChI is InChI=1S/C20H26N2O4/c1-14-9-15(2)11-16(10-14)13-26-17(23)12-22-18(24)20(21(3)19(22)25)7-5-4-6-8-20/h9-11H,4-8,12-13H2,1-3H3. The fourth-order valence-electron chi connectivity index (χ4n) is 4.16. The number of rotatable bonds is 4. The lowest BCUT2D eigenvalue weighted by atomic mass is 9.81. The van der Waals surface area contributed by atoms with E-state index >= 15 is 0 Å². The Balaban J connectivity index is 1.63. The highest BCUT2D eigenvalue weighted by molar-refractivity contribution is 6.08. The summed E-state index contributed by atoms with van der Waals surface area (Å²) < 4.78 is 5.30. The third-order valence-corrected chi connectivity index (χ3v) is 5.45. The number of aryl methyl sites for hydroxylation is 2. The molecular formula is C20H26N2O4. The summed E-state index contributed by atoms with van der Waals surface area (Å²) in [6.07, 6.45) is 4.27. The Morgan fingerprint density at radius 3 is 2.31 bits per heavy atom. The normalized spacial score (nSPS) is 19.3. The van der Waals surface area contributed by atoms with Gasteiger partial charge in [0.15, 0.2) is 0 Å². The Hall–Kier alpha value is -2.37. The van der Waals surface area contributed by atoms with Gasteiger partial charge in [0.1, 0.15) is 18.7 Å². The number of esters is 1. The van der Waals surface area contributed by atoms with Gasteiger partial charge in [-0.25, -0.2) is 4.79 Å². The molecule has 2 fully saturated rings. The minimum Gasteiger partial charge on any atom is -0.459 e. The summed E-state index contributed by atoms with van der Waals surface area (Å²) in [6.45, 7) is 3.78. The summed E-state index contributed by atoms with van der Waals surface area (Å²) in [5, 5.41) is 0. The summed E-state index contributed by atoms with van der Waals surface area (Å²) in [6, 6.07) is 5.56. The van der Waals surface area contributed by atoms with Crippen LogP contribution in [0.25, 0.3) is 0 Å². The van der Waals surface area contributed by atoms with Gasteiger partial charge in [-0.05, 0) is 32.3 Å². The van der Waals surface area contributed by atoms with E-state index in [1.807, 2.05) is 32.0 Å². The summed E-state index contributed by atoms with van der Waals surface area (Å²) in [4.78, 5) is 40.2. The maximum atomic E-state index is 12.9. The third-order valence-electron chi connectivity index (χ3n) is 5.45. The Kier molecular flexibility index (Phi) is 5.03. The van der Waals surface area contributed by atoms with E-state index in [2.05, 4.69) is 0 Å². The highest BCUT2D eigenvalue weighted by atomic mass is 16.5. The van der Waals surface area contributed by atoms with Crippen LogP contribution in [0.4, 0.5) is 4.79 Å². The second kappa shape index (κ2) is 7.09. The van der Waals surface area contributed by atoms with Gasteiger partial charge in [0.05, 0.1) is 0 Å². The fourth-order valence-corrected chi connectivity index (χ4v) is 4.16. The Morgan fingerprint density at radius 1 is 1.08 bits per heavy atom. The molecule has 1 spiro atoms. The molecule has 0 atom stereocenters. The number of carbonyl (C=O) groups excluding carboxylic acids is 3. The maximum absolute atomic E-state index is 12.9. The molecule has 3 amide bonds. The van der Waals surface area contributed by atoms with Crippen molar-refractivity contribution in [2.75, 3.05) is 13.6 Å². The van der Waals surface area contributed by atoms with Crippen molar-refractivity contribution >= 4 is 17.9 Å². The molecule has 6 nitrogen and oxygen atoms in total. The lowest BCUT2D eigenvalue weighted by Gasteiger charge is -2.35. The average molecular weight is 358 g/mol. The van der Waals surface area contributed by atoms with Crippen molar-refractivity contribution in [2.24, 2.45) is 0 Å². The van der Waals surface area contributed by atoms with E-state index < -0.39 is 17.5 Å². The molecule has 26 heavy (non-hydrogen) atoms. The zero-order valence-corrected chi connectivity index (χ0v) is 15.7. The molecule has 1 saturated carbocycles. The molecule has 0 bridgehead atoms. The molecular weight excluding hydrogens is 332 g/mol. The van der Waals surface area contributed by atoms with E-state index in [1.165, 1.54) is 4.90 Å². The van der Waals surface area contributed by atoms with Crippen LogP contribution in [-0.2, 0) is 20.9 Å². The molecule has 1 aliphatic heterocycles. The Bertz CT molecular complexity index is 717. The first-order chi connectivity index (χ1) is 12.3. The first kappa shape index (κ1) is 18.4. The SMILES string of the molecule is Cc1cc(C)cc(COC(=O)CN2C(=O)N(C)C3(CCCCC3)C2=O)c1. The molecule has 1 aromatic rings. The molecule has 0 N–H and O–H groups in total. The van der Waals surface area contributed by atoms with Crippen LogP contribution in [0.2, 0.25) is 0 Å². The molecule has 1 aromatic carbocycles. The molecule has 140 valence electrons. The van der Waals surface area contributed by atoms with E-state index in [0.29, 0.717) is 12.8 Å². The van der Waals surface area contributed by atoms with Crippen molar-refractivity contribution in [3.63, 3.8) is 0 Å². The molecule has 2 aliphatic rings. The predicted molar refractivity (Wildman–Crippen MR) is 96.4 cm³/mol. The first-order valence-corrected chi connectivity index (χ1v) is 9.16. The van der Waals surface area contributed by atoms with E-state index in [-0.39, 0.29) is 19.1 Å². The van der Waals surface area contributed by atoms with Gasteiger partial charge in [-0.3, -0.25) is 14.5 Å². The van der Waals surface area contributed by atoms with E-state index in [9.17, 15) is 14.4 Å². The highest BCUT2D eigenvalue weighted by Crippen LogP contribution is 2.39. The van der Waals surface area contributed by atoms with Crippen LogP contribution in [-0.4, -0.2) is 46.8 Å². The van der Waals surface area contributed by atoms with Gasteiger partial charge >= 0.3 is 12.0 Å². The number of carbonyl (C=O) groups is 3. The number of hydrogen-bond donors (Lipinski definition) is 0. The predicted octanol–water partition coefficient (Wildman–Crippen LogP) is 2.94.